The van der Waals surface area contributed by atoms with Crippen LogP contribution in [0.25, 0.3) is 10.9 Å². The van der Waals surface area contributed by atoms with Gasteiger partial charge in [0, 0.05) is 54.0 Å². The first-order valence-electron chi connectivity index (χ1n) is 11.9. The Morgan fingerprint density at radius 3 is 2.88 bits per heavy atom. The fraction of sp³-hybridized carbons (Fsp3) is 0.462. The van der Waals surface area contributed by atoms with Crippen LogP contribution in [0.2, 0.25) is 5.02 Å². The molecule has 3 aliphatic rings. The SMILES string of the molecule is CN1CCCC1Cn1cc(C(=O)N2CCC3(CC2)OCc2ncccc23)c2ccc(Cl)cc21. The van der Waals surface area contributed by atoms with Gasteiger partial charge in [0.2, 0.25) is 0 Å². The molecule has 0 radical (unpaired) electrons. The third kappa shape index (κ3) is 3.56. The number of carbonyl (C=O) groups is 1. The average Bonchev–Trinajstić information content (AvgIpc) is 3.51. The van der Waals surface area contributed by atoms with Gasteiger partial charge in [-0.1, -0.05) is 23.7 Å². The third-order valence-electron chi connectivity index (χ3n) is 7.88. The van der Waals surface area contributed by atoms with Crippen LogP contribution < -0.4 is 0 Å². The molecule has 172 valence electrons. The Morgan fingerprint density at radius 2 is 2.09 bits per heavy atom. The van der Waals surface area contributed by atoms with Crippen molar-refractivity contribution in [1.82, 2.24) is 19.4 Å². The van der Waals surface area contributed by atoms with Gasteiger partial charge in [0.25, 0.3) is 5.91 Å². The van der Waals surface area contributed by atoms with E-state index >= 15 is 0 Å². The number of carbonyl (C=O) groups excluding carboxylic acids is 1. The van der Waals surface area contributed by atoms with E-state index < -0.39 is 0 Å². The predicted molar refractivity (Wildman–Crippen MR) is 128 cm³/mol. The van der Waals surface area contributed by atoms with E-state index in [4.69, 9.17) is 16.3 Å². The Bertz CT molecular complexity index is 1210. The molecule has 0 aliphatic carbocycles. The second-order valence-corrected chi connectivity index (χ2v) is 10.1. The fourth-order valence-corrected chi connectivity index (χ4v) is 6.10. The topological polar surface area (TPSA) is 50.6 Å². The van der Waals surface area contributed by atoms with Crippen molar-refractivity contribution in [2.24, 2.45) is 0 Å². The largest absolute Gasteiger partial charge is 0.364 e. The smallest absolute Gasteiger partial charge is 0.256 e. The number of hydrogen-bond donors (Lipinski definition) is 0. The number of likely N-dealkylation sites (N-methyl/N-ethyl adjacent to an activating group) is 1. The van der Waals surface area contributed by atoms with Crippen LogP contribution in [0.5, 0.6) is 0 Å². The summed E-state index contributed by atoms with van der Waals surface area (Å²) < 4.78 is 8.46. The molecule has 0 saturated carbocycles. The van der Waals surface area contributed by atoms with Crippen molar-refractivity contribution in [3.63, 3.8) is 0 Å². The number of rotatable bonds is 3. The third-order valence-corrected chi connectivity index (χ3v) is 8.11. The van der Waals surface area contributed by atoms with E-state index in [0.717, 1.165) is 48.1 Å². The standard InChI is InChI=1S/C26H29ClN4O2/c1-29-11-3-4-19(29)15-31-16-21(20-7-6-18(27)14-24(20)31)25(32)30-12-8-26(9-13-30)22-5-2-10-28-23(22)17-33-26/h2,5-7,10,14,16,19H,3-4,8-9,11-13,15,17H2,1H3. The highest BCUT2D eigenvalue weighted by Gasteiger charge is 2.44. The Labute approximate surface area is 199 Å². The Morgan fingerprint density at radius 1 is 1.24 bits per heavy atom. The summed E-state index contributed by atoms with van der Waals surface area (Å²) in [7, 11) is 2.19. The molecule has 1 unspecified atom stereocenters. The molecule has 2 fully saturated rings. The van der Waals surface area contributed by atoms with Crippen LogP contribution >= 0.6 is 11.6 Å². The number of ether oxygens (including phenoxy) is 1. The van der Waals surface area contributed by atoms with Crippen LogP contribution in [0.3, 0.4) is 0 Å². The number of benzene rings is 1. The summed E-state index contributed by atoms with van der Waals surface area (Å²) in [6.07, 6.45) is 7.88. The summed E-state index contributed by atoms with van der Waals surface area (Å²) in [5, 5.41) is 1.68. The predicted octanol–water partition coefficient (Wildman–Crippen LogP) is 4.45. The van der Waals surface area contributed by atoms with Crippen LogP contribution in [0, 0.1) is 0 Å². The number of amides is 1. The molecule has 0 bridgehead atoms. The summed E-state index contributed by atoms with van der Waals surface area (Å²) in [6.45, 7) is 3.93. The van der Waals surface area contributed by atoms with Crippen molar-refractivity contribution in [3.8, 4) is 0 Å². The highest BCUT2D eigenvalue weighted by atomic mass is 35.5. The lowest BCUT2D eigenvalue weighted by Crippen LogP contribution is -2.45. The first-order valence-corrected chi connectivity index (χ1v) is 12.3. The van der Waals surface area contributed by atoms with Gasteiger partial charge in [0.05, 0.1) is 29.0 Å². The van der Waals surface area contributed by atoms with E-state index in [1.54, 1.807) is 0 Å². The lowest BCUT2D eigenvalue weighted by Gasteiger charge is -2.39. The number of piperidine rings is 1. The molecule has 5 heterocycles. The second kappa shape index (κ2) is 8.12. The summed E-state index contributed by atoms with van der Waals surface area (Å²) in [6, 6.07) is 10.5. The molecule has 6 nitrogen and oxygen atoms in total. The quantitative estimate of drug-likeness (QED) is 0.574. The van der Waals surface area contributed by atoms with Crippen molar-refractivity contribution in [3.05, 3.63) is 64.6 Å². The van der Waals surface area contributed by atoms with Crippen molar-refractivity contribution in [2.75, 3.05) is 26.7 Å². The Kier molecular flexibility index (Phi) is 5.20. The van der Waals surface area contributed by atoms with Crippen LogP contribution in [0.15, 0.2) is 42.7 Å². The highest BCUT2D eigenvalue weighted by Crippen LogP contribution is 2.43. The zero-order chi connectivity index (χ0) is 22.6. The first kappa shape index (κ1) is 21.1. The molecular weight excluding hydrogens is 436 g/mol. The minimum atomic E-state index is -0.297. The van der Waals surface area contributed by atoms with Gasteiger partial charge in [-0.05, 0) is 57.5 Å². The summed E-state index contributed by atoms with van der Waals surface area (Å²) in [5.41, 5.74) is 3.75. The van der Waals surface area contributed by atoms with Gasteiger partial charge in [-0.15, -0.1) is 0 Å². The van der Waals surface area contributed by atoms with Crippen LogP contribution in [0.4, 0.5) is 0 Å². The molecule has 33 heavy (non-hydrogen) atoms. The monoisotopic (exact) mass is 464 g/mol. The zero-order valence-electron chi connectivity index (χ0n) is 19.0. The van der Waals surface area contributed by atoms with Gasteiger partial charge in [-0.25, -0.2) is 0 Å². The fourth-order valence-electron chi connectivity index (χ4n) is 5.93. The Balaban J connectivity index is 1.26. The number of aromatic nitrogens is 2. The van der Waals surface area contributed by atoms with Gasteiger partial charge < -0.3 is 19.1 Å². The summed E-state index contributed by atoms with van der Waals surface area (Å²) in [4.78, 5) is 22.6. The van der Waals surface area contributed by atoms with E-state index in [1.807, 2.05) is 41.6 Å². The lowest BCUT2D eigenvalue weighted by molar-refractivity contribution is -0.0744. The van der Waals surface area contributed by atoms with Crippen LogP contribution in [0.1, 0.15) is 47.3 Å². The van der Waals surface area contributed by atoms with E-state index in [2.05, 4.69) is 27.6 Å². The minimum Gasteiger partial charge on any atom is -0.364 e. The van der Waals surface area contributed by atoms with Gasteiger partial charge in [0.15, 0.2) is 0 Å². The maximum absolute atomic E-state index is 13.7. The number of pyridine rings is 1. The maximum atomic E-state index is 13.7. The molecule has 2 saturated heterocycles. The number of nitrogens with zero attached hydrogens (tertiary/aromatic N) is 4. The highest BCUT2D eigenvalue weighted by molar-refractivity contribution is 6.31. The van der Waals surface area contributed by atoms with Gasteiger partial charge >= 0.3 is 0 Å². The van der Waals surface area contributed by atoms with Crippen LogP contribution in [-0.4, -0.2) is 58.0 Å². The molecule has 1 spiro atoms. The normalized spacial score (nSPS) is 22.4. The average molecular weight is 465 g/mol. The van der Waals surface area contributed by atoms with Crippen molar-refractivity contribution in [1.29, 1.82) is 0 Å². The molecule has 3 aliphatic heterocycles. The van der Waals surface area contributed by atoms with Crippen molar-refractivity contribution >= 4 is 28.4 Å². The van der Waals surface area contributed by atoms with E-state index in [-0.39, 0.29) is 11.5 Å². The van der Waals surface area contributed by atoms with Crippen molar-refractivity contribution < 1.29 is 9.53 Å². The molecule has 7 heteroatoms. The number of halogens is 1. The van der Waals surface area contributed by atoms with Crippen LogP contribution in [-0.2, 0) is 23.5 Å². The van der Waals surface area contributed by atoms with Gasteiger partial charge in [0.1, 0.15) is 0 Å². The number of hydrogen-bond acceptors (Lipinski definition) is 4. The van der Waals surface area contributed by atoms with E-state index in [0.29, 0.717) is 30.8 Å². The zero-order valence-corrected chi connectivity index (χ0v) is 19.7. The number of fused-ring (bicyclic) bond motifs is 3. The van der Waals surface area contributed by atoms with Crippen molar-refractivity contribution in [2.45, 2.75) is 50.5 Å². The second-order valence-electron chi connectivity index (χ2n) is 9.71. The maximum Gasteiger partial charge on any atom is 0.256 e. The first-order chi connectivity index (χ1) is 16.0. The lowest BCUT2D eigenvalue weighted by atomic mass is 9.85. The number of likely N-dealkylation sites (tertiary alicyclic amines) is 2. The van der Waals surface area contributed by atoms with E-state index in [1.165, 1.54) is 18.4 Å². The molecule has 3 aromatic rings. The molecule has 0 N–H and O–H groups in total. The molecule has 1 amide bonds. The molecule has 1 aromatic carbocycles. The van der Waals surface area contributed by atoms with Gasteiger partial charge in [-0.2, -0.15) is 0 Å². The molecule has 1 atom stereocenters. The van der Waals surface area contributed by atoms with Gasteiger partial charge in [-0.3, -0.25) is 9.78 Å². The molecule has 6 rings (SSSR count). The minimum absolute atomic E-state index is 0.0973. The summed E-state index contributed by atoms with van der Waals surface area (Å²) in [5.74, 6) is 0.0973. The summed E-state index contributed by atoms with van der Waals surface area (Å²) >= 11 is 6.35. The Hall–Kier alpha value is -2.41. The molecular formula is C26H29ClN4O2. The van der Waals surface area contributed by atoms with E-state index in [9.17, 15) is 4.79 Å². The molecule has 2 aromatic heterocycles.